The predicted molar refractivity (Wildman–Crippen MR) is 65.8 cm³/mol. The average Bonchev–Trinajstić information content (AvgIpc) is 2.24. The van der Waals surface area contributed by atoms with E-state index < -0.39 is 0 Å². The smallest absolute Gasteiger partial charge is 0.0455 e. The third kappa shape index (κ3) is 2.25. The van der Waals surface area contributed by atoms with Crippen molar-refractivity contribution >= 4 is 23.1 Å². The van der Waals surface area contributed by atoms with Crippen molar-refractivity contribution in [2.24, 2.45) is 0 Å². The van der Waals surface area contributed by atoms with E-state index in [0.717, 1.165) is 21.2 Å². The summed E-state index contributed by atoms with van der Waals surface area (Å²) < 4.78 is 0. The minimum absolute atomic E-state index is 0.783. The fourth-order valence-electron chi connectivity index (χ4n) is 1.27. The molecule has 0 aliphatic rings. The quantitative estimate of drug-likeness (QED) is 0.759. The number of hydrogen-bond donors (Lipinski definition) is 2. The second-order valence-corrected chi connectivity index (χ2v) is 4.26. The standard InChI is InChI=1S/C12H12N2S/c13-9-5-1-3-7-11(9)15-12-8-4-2-6-10(12)14/h1-8H,13-14H2. The van der Waals surface area contributed by atoms with Gasteiger partial charge in [-0.3, -0.25) is 0 Å². The van der Waals surface area contributed by atoms with Crippen LogP contribution in [-0.2, 0) is 0 Å². The molecule has 0 bridgehead atoms. The summed E-state index contributed by atoms with van der Waals surface area (Å²) >= 11 is 1.59. The molecule has 2 rings (SSSR count). The molecule has 15 heavy (non-hydrogen) atoms. The van der Waals surface area contributed by atoms with Gasteiger partial charge in [-0.15, -0.1) is 0 Å². The van der Waals surface area contributed by atoms with Crippen LogP contribution in [0.25, 0.3) is 0 Å². The molecule has 0 saturated carbocycles. The monoisotopic (exact) mass is 216 g/mol. The SMILES string of the molecule is Nc1ccccc1Sc1ccccc1N. The van der Waals surface area contributed by atoms with E-state index in [1.807, 2.05) is 48.5 Å². The lowest BCUT2D eigenvalue weighted by Gasteiger charge is -2.06. The van der Waals surface area contributed by atoms with E-state index in [9.17, 15) is 0 Å². The fourth-order valence-corrected chi connectivity index (χ4v) is 2.17. The summed E-state index contributed by atoms with van der Waals surface area (Å²) in [6.45, 7) is 0. The van der Waals surface area contributed by atoms with Crippen molar-refractivity contribution in [3.05, 3.63) is 48.5 Å². The van der Waals surface area contributed by atoms with E-state index in [0.29, 0.717) is 0 Å². The van der Waals surface area contributed by atoms with Crippen LogP contribution in [0, 0.1) is 0 Å². The van der Waals surface area contributed by atoms with E-state index in [1.165, 1.54) is 0 Å². The summed E-state index contributed by atoms with van der Waals surface area (Å²) in [4.78, 5) is 2.07. The molecule has 2 aromatic carbocycles. The molecule has 0 atom stereocenters. The van der Waals surface area contributed by atoms with Crippen molar-refractivity contribution in [3.8, 4) is 0 Å². The highest BCUT2D eigenvalue weighted by Crippen LogP contribution is 2.34. The highest BCUT2D eigenvalue weighted by atomic mass is 32.2. The van der Waals surface area contributed by atoms with Crippen LogP contribution in [0.4, 0.5) is 11.4 Å². The largest absolute Gasteiger partial charge is 0.398 e. The summed E-state index contributed by atoms with van der Waals surface area (Å²) in [5, 5.41) is 0. The number of para-hydroxylation sites is 2. The highest BCUT2D eigenvalue weighted by Gasteiger charge is 2.02. The zero-order valence-electron chi connectivity index (χ0n) is 8.18. The van der Waals surface area contributed by atoms with Gasteiger partial charge in [0, 0.05) is 21.2 Å². The molecule has 0 saturated heterocycles. The van der Waals surface area contributed by atoms with E-state index in [1.54, 1.807) is 11.8 Å². The van der Waals surface area contributed by atoms with Crippen LogP contribution in [0.1, 0.15) is 0 Å². The van der Waals surface area contributed by atoms with Crippen molar-refractivity contribution in [2.75, 3.05) is 11.5 Å². The van der Waals surface area contributed by atoms with Gasteiger partial charge in [0.05, 0.1) is 0 Å². The summed E-state index contributed by atoms with van der Waals surface area (Å²) in [5.74, 6) is 0. The minimum Gasteiger partial charge on any atom is -0.398 e. The van der Waals surface area contributed by atoms with Crippen LogP contribution >= 0.6 is 11.8 Å². The first-order valence-electron chi connectivity index (χ1n) is 4.64. The lowest BCUT2D eigenvalue weighted by Crippen LogP contribution is -1.90. The summed E-state index contributed by atoms with van der Waals surface area (Å²) in [5.41, 5.74) is 13.3. The van der Waals surface area contributed by atoms with E-state index in [2.05, 4.69) is 0 Å². The van der Waals surface area contributed by atoms with Gasteiger partial charge >= 0.3 is 0 Å². The van der Waals surface area contributed by atoms with Crippen LogP contribution in [0.15, 0.2) is 58.3 Å². The van der Waals surface area contributed by atoms with Gasteiger partial charge < -0.3 is 11.5 Å². The molecular weight excluding hydrogens is 204 g/mol. The minimum atomic E-state index is 0.783. The Morgan fingerprint density at radius 1 is 0.667 bits per heavy atom. The third-order valence-electron chi connectivity index (χ3n) is 2.06. The number of hydrogen-bond acceptors (Lipinski definition) is 3. The number of benzene rings is 2. The maximum absolute atomic E-state index is 5.86. The first-order valence-corrected chi connectivity index (χ1v) is 5.46. The molecule has 0 fully saturated rings. The van der Waals surface area contributed by atoms with Crippen LogP contribution in [-0.4, -0.2) is 0 Å². The van der Waals surface area contributed by atoms with E-state index in [4.69, 9.17) is 11.5 Å². The normalized spacial score (nSPS) is 10.1. The summed E-state index contributed by atoms with van der Waals surface area (Å²) in [6, 6.07) is 15.6. The van der Waals surface area contributed by atoms with Gasteiger partial charge in [-0.1, -0.05) is 36.0 Å². The molecule has 0 amide bonds. The van der Waals surface area contributed by atoms with Gasteiger partial charge in [-0.05, 0) is 24.3 Å². The van der Waals surface area contributed by atoms with Gasteiger partial charge in [0.25, 0.3) is 0 Å². The molecule has 2 aromatic rings. The lowest BCUT2D eigenvalue weighted by molar-refractivity contribution is 1.41. The Balaban J connectivity index is 2.30. The molecule has 76 valence electrons. The zero-order chi connectivity index (χ0) is 10.7. The van der Waals surface area contributed by atoms with Crippen molar-refractivity contribution in [1.82, 2.24) is 0 Å². The van der Waals surface area contributed by atoms with Gasteiger partial charge in [-0.2, -0.15) is 0 Å². The Morgan fingerprint density at radius 3 is 1.47 bits per heavy atom. The predicted octanol–water partition coefficient (Wildman–Crippen LogP) is 3.00. The second kappa shape index (κ2) is 4.28. The number of nitrogens with two attached hydrogens (primary N) is 2. The highest BCUT2D eigenvalue weighted by molar-refractivity contribution is 7.99. The Morgan fingerprint density at radius 2 is 1.07 bits per heavy atom. The Kier molecular flexibility index (Phi) is 2.83. The van der Waals surface area contributed by atoms with Gasteiger partial charge in [0.15, 0.2) is 0 Å². The Hall–Kier alpha value is -1.61. The molecule has 0 unspecified atom stereocenters. The van der Waals surface area contributed by atoms with Crippen LogP contribution < -0.4 is 11.5 Å². The van der Waals surface area contributed by atoms with Crippen molar-refractivity contribution in [2.45, 2.75) is 9.79 Å². The molecule has 0 aliphatic carbocycles. The molecule has 0 radical (unpaired) electrons. The van der Waals surface area contributed by atoms with E-state index in [-0.39, 0.29) is 0 Å². The maximum Gasteiger partial charge on any atom is 0.0455 e. The van der Waals surface area contributed by atoms with Crippen LogP contribution in [0.5, 0.6) is 0 Å². The first kappa shape index (κ1) is 9.93. The topological polar surface area (TPSA) is 52.0 Å². The second-order valence-electron chi connectivity index (χ2n) is 3.18. The molecule has 0 spiro atoms. The van der Waals surface area contributed by atoms with Gasteiger partial charge in [-0.25, -0.2) is 0 Å². The lowest BCUT2D eigenvalue weighted by atomic mass is 10.3. The molecular formula is C12H12N2S. The van der Waals surface area contributed by atoms with Crippen molar-refractivity contribution in [3.63, 3.8) is 0 Å². The third-order valence-corrected chi connectivity index (χ3v) is 3.24. The Labute approximate surface area is 93.3 Å². The molecule has 4 N–H and O–H groups in total. The van der Waals surface area contributed by atoms with Gasteiger partial charge in [0.2, 0.25) is 0 Å². The number of nitrogen functional groups attached to an aromatic ring is 2. The van der Waals surface area contributed by atoms with Crippen LogP contribution in [0.3, 0.4) is 0 Å². The molecule has 3 heteroatoms. The first-order chi connectivity index (χ1) is 7.27. The summed E-state index contributed by atoms with van der Waals surface area (Å²) in [6.07, 6.45) is 0. The maximum atomic E-state index is 5.86. The zero-order valence-corrected chi connectivity index (χ0v) is 9.00. The average molecular weight is 216 g/mol. The van der Waals surface area contributed by atoms with Crippen molar-refractivity contribution in [1.29, 1.82) is 0 Å². The molecule has 0 aromatic heterocycles. The fraction of sp³-hybridized carbons (Fsp3) is 0. The van der Waals surface area contributed by atoms with E-state index >= 15 is 0 Å². The molecule has 0 aliphatic heterocycles. The van der Waals surface area contributed by atoms with Crippen molar-refractivity contribution < 1.29 is 0 Å². The van der Waals surface area contributed by atoms with Crippen LogP contribution in [0.2, 0.25) is 0 Å². The molecule has 0 heterocycles. The number of anilines is 2. The number of rotatable bonds is 2. The molecule has 2 nitrogen and oxygen atoms in total. The van der Waals surface area contributed by atoms with Gasteiger partial charge in [0.1, 0.15) is 0 Å². The Bertz CT molecular complexity index is 425. The summed E-state index contributed by atoms with van der Waals surface area (Å²) in [7, 11) is 0.